The largest absolute Gasteiger partial charge is 0.478 e. The number of rotatable bonds is 2. The topological polar surface area (TPSA) is 55.1 Å². The number of imidazole rings is 1. The van der Waals surface area contributed by atoms with Gasteiger partial charge >= 0.3 is 5.97 Å². The molecule has 0 aliphatic carbocycles. The zero-order chi connectivity index (χ0) is 13.6. The summed E-state index contributed by atoms with van der Waals surface area (Å²) in [5, 5.41) is 11.0. The molecule has 0 spiro atoms. The van der Waals surface area contributed by atoms with Gasteiger partial charge in [0.2, 0.25) is 0 Å². The first-order valence-corrected chi connectivity index (χ1v) is 7.17. The number of hydrogen-bond donors (Lipinski definition) is 1. The van der Waals surface area contributed by atoms with E-state index in [1.807, 2.05) is 23.1 Å². The number of aromatic carboxylic acids is 1. The maximum atomic E-state index is 11.0. The molecule has 0 atom stereocenters. The number of carbonyl (C=O) groups is 1. The molecule has 0 radical (unpaired) electrons. The highest BCUT2D eigenvalue weighted by Crippen LogP contribution is 2.30. The zero-order valence-electron chi connectivity index (χ0n) is 9.92. The number of halogens is 1. The van der Waals surface area contributed by atoms with E-state index in [0.717, 1.165) is 20.7 Å². The highest BCUT2D eigenvalue weighted by Gasteiger charge is 2.13. The van der Waals surface area contributed by atoms with Gasteiger partial charge in [0.1, 0.15) is 5.82 Å². The first-order chi connectivity index (χ1) is 9.06. The van der Waals surface area contributed by atoms with Crippen LogP contribution in [0.25, 0.3) is 22.4 Å². The summed E-state index contributed by atoms with van der Waals surface area (Å²) >= 11 is 5.03. The monoisotopic (exact) mass is 336 g/mol. The van der Waals surface area contributed by atoms with Gasteiger partial charge in [0.05, 0.1) is 20.4 Å². The van der Waals surface area contributed by atoms with Crippen LogP contribution in [0.1, 0.15) is 10.4 Å². The normalized spacial score (nSPS) is 11.1. The molecule has 3 rings (SSSR count). The average molecular weight is 337 g/mol. The van der Waals surface area contributed by atoms with Gasteiger partial charge in [0, 0.05) is 18.0 Å². The number of benzene rings is 1. The number of carboxylic acid groups (broad SMARTS) is 1. The molecule has 0 amide bonds. The Morgan fingerprint density at radius 1 is 1.42 bits per heavy atom. The fourth-order valence-electron chi connectivity index (χ4n) is 2.02. The fraction of sp³-hybridized carbons (Fsp3) is 0.0769. The summed E-state index contributed by atoms with van der Waals surface area (Å²) in [4.78, 5) is 15.5. The van der Waals surface area contributed by atoms with E-state index < -0.39 is 5.97 Å². The second-order valence-corrected chi connectivity index (χ2v) is 6.43. The molecule has 0 aliphatic heterocycles. The fourth-order valence-corrected chi connectivity index (χ4v) is 3.15. The van der Waals surface area contributed by atoms with Gasteiger partial charge in [-0.05, 0) is 40.2 Å². The first-order valence-electron chi connectivity index (χ1n) is 5.50. The van der Waals surface area contributed by atoms with Gasteiger partial charge in [-0.15, -0.1) is 11.3 Å². The second-order valence-electron chi connectivity index (χ2n) is 4.14. The van der Waals surface area contributed by atoms with Crippen molar-refractivity contribution in [2.75, 3.05) is 0 Å². The summed E-state index contributed by atoms with van der Waals surface area (Å²) < 4.78 is 3.01. The molecule has 19 heavy (non-hydrogen) atoms. The summed E-state index contributed by atoms with van der Waals surface area (Å²) in [6.45, 7) is 0. The predicted octanol–water partition coefficient (Wildman–Crippen LogP) is 3.76. The molecule has 3 aromatic rings. The third-order valence-electron chi connectivity index (χ3n) is 2.95. The van der Waals surface area contributed by atoms with Crippen molar-refractivity contribution in [2.24, 2.45) is 7.05 Å². The van der Waals surface area contributed by atoms with E-state index in [2.05, 4.69) is 20.9 Å². The van der Waals surface area contributed by atoms with Crippen molar-refractivity contribution in [3.63, 3.8) is 0 Å². The highest BCUT2D eigenvalue weighted by molar-refractivity contribution is 9.11. The van der Waals surface area contributed by atoms with E-state index in [1.165, 1.54) is 0 Å². The van der Waals surface area contributed by atoms with Crippen molar-refractivity contribution in [1.29, 1.82) is 0 Å². The lowest BCUT2D eigenvalue weighted by atomic mass is 10.2. The van der Waals surface area contributed by atoms with Crippen LogP contribution >= 0.6 is 27.3 Å². The van der Waals surface area contributed by atoms with Gasteiger partial charge < -0.3 is 9.67 Å². The molecule has 0 saturated heterocycles. The lowest BCUT2D eigenvalue weighted by molar-refractivity contribution is 0.0697. The minimum absolute atomic E-state index is 0.253. The number of hydrogen-bond acceptors (Lipinski definition) is 3. The van der Waals surface area contributed by atoms with Gasteiger partial charge in [0.15, 0.2) is 0 Å². The molecule has 4 nitrogen and oxygen atoms in total. The van der Waals surface area contributed by atoms with Crippen LogP contribution in [0.15, 0.2) is 33.4 Å². The predicted molar refractivity (Wildman–Crippen MR) is 78.7 cm³/mol. The van der Waals surface area contributed by atoms with E-state index in [1.54, 1.807) is 29.5 Å². The Morgan fingerprint density at radius 2 is 2.21 bits per heavy atom. The number of fused-ring (bicyclic) bond motifs is 1. The second kappa shape index (κ2) is 4.47. The van der Waals surface area contributed by atoms with Crippen molar-refractivity contribution < 1.29 is 9.90 Å². The number of aryl methyl sites for hydroxylation is 1. The molecule has 6 heteroatoms. The van der Waals surface area contributed by atoms with Gasteiger partial charge in [-0.2, -0.15) is 0 Å². The Balaban J connectivity index is 2.22. The molecule has 0 bridgehead atoms. The van der Waals surface area contributed by atoms with Crippen molar-refractivity contribution in [2.45, 2.75) is 0 Å². The Hall–Kier alpha value is -1.66. The van der Waals surface area contributed by atoms with E-state index in [4.69, 9.17) is 5.11 Å². The summed E-state index contributed by atoms with van der Waals surface area (Å²) in [7, 11) is 1.93. The van der Waals surface area contributed by atoms with Gasteiger partial charge in [0.25, 0.3) is 0 Å². The summed E-state index contributed by atoms with van der Waals surface area (Å²) in [5.74, 6) is -0.105. The molecule has 2 heterocycles. The lowest BCUT2D eigenvalue weighted by Crippen LogP contribution is -1.95. The summed E-state index contributed by atoms with van der Waals surface area (Å²) in [6, 6.07) is 6.99. The third kappa shape index (κ3) is 2.06. The van der Waals surface area contributed by atoms with Crippen molar-refractivity contribution in [3.8, 4) is 11.4 Å². The molecular weight excluding hydrogens is 328 g/mol. The zero-order valence-corrected chi connectivity index (χ0v) is 12.3. The summed E-state index contributed by atoms with van der Waals surface area (Å²) in [6.07, 6.45) is 0. The molecule has 0 fully saturated rings. The van der Waals surface area contributed by atoms with Crippen LogP contribution in [0.4, 0.5) is 0 Å². The minimum Gasteiger partial charge on any atom is -0.478 e. The molecular formula is C13H9BrN2O2S. The van der Waals surface area contributed by atoms with Crippen molar-refractivity contribution in [3.05, 3.63) is 39.0 Å². The van der Waals surface area contributed by atoms with Gasteiger partial charge in [-0.25, -0.2) is 9.78 Å². The van der Waals surface area contributed by atoms with Crippen molar-refractivity contribution >= 4 is 44.3 Å². The van der Waals surface area contributed by atoms with E-state index in [-0.39, 0.29) is 5.56 Å². The Morgan fingerprint density at radius 3 is 2.84 bits per heavy atom. The maximum Gasteiger partial charge on any atom is 0.335 e. The standard InChI is InChI=1S/C13H9BrN2O2S/c1-16-10-3-2-7(13(17)18)4-9(10)15-12(16)8-5-11(14)19-6-8/h2-6H,1H3,(H,17,18). The van der Waals surface area contributed by atoms with Crippen LogP contribution in [0.2, 0.25) is 0 Å². The van der Waals surface area contributed by atoms with Gasteiger partial charge in [-0.1, -0.05) is 0 Å². The first kappa shape index (κ1) is 12.4. The molecule has 0 unspecified atom stereocenters. The third-order valence-corrected chi connectivity index (χ3v) is 4.46. The Bertz CT molecular complexity index is 791. The molecule has 0 saturated carbocycles. The SMILES string of the molecule is Cn1c(-c2csc(Br)c2)nc2cc(C(=O)O)ccc21. The average Bonchev–Trinajstić information content (AvgIpc) is 2.93. The molecule has 96 valence electrons. The molecule has 1 N–H and O–H groups in total. The molecule has 0 aliphatic rings. The van der Waals surface area contributed by atoms with Crippen molar-refractivity contribution in [1.82, 2.24) is 9.55 Å². The number of aromatic nitrogens is 2. The maximum absolute atomic E-state index is 11.0. The van der Waals surface area contributed by atoms with Crippen LogP contribution in [0.3, 0.4) is 0 Å². The van der Waals surface area contributed by atoms with E-state index in [0.29, 0.717) is 5.52 Å². The smallest absolute Gasteiger partial charge is 0.335 e. The van der Waals surface area contributed by atoms with Crippen LogP contribution in [0, 0.1) is 0 Å². The Kier molecular flexibility index (Phi) is 2.91. The van der Waals surface area contributed by atoms with Crippen LogP contribution < -0.4 is 0 Å². The number of thiophene rings is 1. The van der Waals surface area contributed by atoms with E-state index >= 15 is 0 Å². The molecule has 2 aromatic heterocycles. The van der Waals surface area contributed by atoms with Crippen LogP contribution in [-0.4, -0.2) is 20.6 Å². The molecule has 1 aromatic carbocycles. The Labute approximate surface area is 121 Å². The quantitative estimate of drug-likeness (QED) is 0.775. The number of carboxylic acids is 1. The minimum atomic E-state index is -0.938. The van der Waals surface area contributed by atoms with Gasteiger partial charge in [-0.3, -0.25) is 0 Å². The summed E-state index contributed by atoms with van der Waals surface area (Å²) in [5.41, 5.74) is 2.89. The van der Waals surface area contributed by atoms with E-state index in [9.17, 15) is 4.79 Å². The highest BCUT2D eigenvalue weighted by atomic mass is 79.9. The number of nitrogens with zero attached hydrogens (tertiary/aromatic N) is 2. The lowest BCUT2D eigenvalue weighted by Gasteiger charge is -1.99. The van der Waals surface area contributed by atoms with Crippen LogP contribution in [-0.2, 0) is 7.05 Å². The van der Waals surface area contributed by atoms with Crippen LogP contribution in [0.5, 0.6) is 0 Å².